The summed E-state index contributed by atoms with van der Waals surface area (Å²) in [6.45, 7) is 0. The molecule has 2 N–H and O–H groups in total. The normalized spacial score (nSPS) is 10.9. The van der Waals surface area contributed by atoms with Gasteiger partial charge in [-0.25, -0.2) is 0 Å². The molecular weight excluding hydrogens is 423 g/mol. The lowest BCUT2D eigenvalue weighted by Crippen LogP contribution is -2.29. The van der Waals surface area contributed by atoms with Crippen LogP contribution in [-0.4, -0.2) is 16.8 Å². The molecule has 2 amide bonds. The molecule has 0 atom stereocenters. The van der Waals surface area contributed by atoms with Gasteiger partial charge in [0.05, 0.1) is 10.6 Å². The molecule has 3 aromatic rings. The van der Waals surface area contributed by atoms with E-state index in [-0.39, 0.29) is 5.69 Å². The average molecular weight is 436 g/mol. The number of anilines is 2. The summed E-state index contributed by atoms with van der Waals surface area (Å²) in [5, 5.41) is 3.94. The lowest BCUT2D eigenvalue weighted by Gasteiger charge is -2.12. The van der Waals surface area contributed by atoms with Crippen molar-refractivity contribution in [2.24, 2.45) is 0 Å². The highest BCUT2D eigenvalue weighted by atomic mass is 35.5. The van der Waals surface area contributed by atoms with Crippen LogP contribution in [0.5, 0.6) is 11.5 Å². The first-order chi connectivity index (χ1) is 14.2. The van der Waals surface area contributed by atoms with E-state index in [1.807, 2.05) is 0 Å². The maximum atomic E-state index is 12.9. The number of hydrogen-bond donors (Lipinski definition) is 2. The van der Waals surface area contributed by atoms with Crippen LogP contribution in [0, 0.1) is 0 Å². The van der Waals surface area contributed by atoms with Gasteiger partial charge < -0.3 is 15.4 Å². The Bertz CT molecular complexity index is 1060. The molecule has 0 saturated heterocycles. The Morgan fingerprint density at radius 2 is 1.37 bits per heavy atom. The quantitative estimate of drug-likeness (QED) is 0.557. The van der Waals surface area contributed by atoms with Crippen LogP contribution in [0.1, 0.15) is 5.56 Å². The number of nitrogens with zero attached hydrogens (tertiary/aromatic N) is 1. The number of carbonyl (C=O) groups excluding carboxylic acids is 2. The number of pyridine rings is 1. The van der Waals surface area contributed by atoms with Gasteiger partial charge in [0.25, 0.3) is 0 Å². The number of aromatic nitrogens is 1. The highest BCUT2D eigenvalue weighted by Gasteiger charge is 2.33. The lowest BCUT2D eigenvalue weighted by molar-refractivity contribution is -0.137. The van der Waals surface area contributed by atoms with Crippen molar-refractivity contribution in [2.45, 2.75) is 6.18 Å². The van der Waals surface area contributed by atoms with Gasteiger partial charge in [-0.05, 0) is 54.6 Å². The fourth-order valence-corrected chi connectivity index (χ4v) is 2.57. The predicted molar refractivity (Wildman–Crippen MR) is 104 cm³/mol. The second kappa shape index (κ2) is 8.83. The molecule has 2 aromatic carbocycles. The van der Waals surface area contributed by atoms with Crippen LogP contribution in [0.4, 0.5) is 24.5 Å². The maximum Gasteiger partial charge on any atom is 0.417 e. The molecule has 0 saturated carbocycles. The fourth-order valence-electron chi connectivity index (χ4n) is 2.34. The van der Waals surface area contributed by atoms with Crippen molar-refractivity contribution in [3.8, 4) is 11.5 Å². The molecule has 0 unspecified atom stereocenters. The highest BCUT2D eigenvalue weighted by molar-refractivity contribution is 6.43. The van der Waals surface area contributed by atoms with E-state index in [1.165, 1.54) is 12.1 Å². The molecule has 1 heterocycles. The summed E-state index contributed by atoms with van der Waals surface area (Å²) in [4.78, 5) is 27.9. The van der Waals surface area contributed by atoms with Crippen molar-refractivity contribution < 1.29 is 27.5 Å². The van der Waals surface area contributed by atoms with Gasteiger partial charge in [-0.15, -0.1) is 0 Å². The van der Waals surface area contributed by atoms with E-state index in [0.717, 1.165) is 12.1 Å². The number of nitrogens with one attached hydrogen (secondary N) is 2. The summed E-state index contributed by atoms with van der Waals surface area (Å²) in [5.74, 6) is -1.13. The number of carbonyl (C=O) groups is 2. The number of rotatable bonds is 4. The minimum atomic E-state index is -4.69. The van der Waals surface area contributed by atoms with Gasteiger partial charge in [0.15, 0.2) is 0 Å². The molecule has 0 aliphatic heterocycles. The van der Waals surface area contributed by atoms with Gasteiger partial charge in [0.1, 0.15) is 11.5 Å². The third kappa shape index (κ3) is 5.48. The minimum absolute atomic E-state index is 0.215. The van der Waals surface area contributed by atoms with Crippen molar-refractivity contribution in [3.05, 3.63) is 77.6 Å². The highest BCUT2D eigenvalue weighted by Crippen LogP contribution is 2.36. The summed E-state index contributed by atoms with van der Waals surface area (Å²) < 4.78 is 44.3. The zero-order valence-corrected chi connectivity index (χ0v) is 15.8. The summed E-state index contributed by atoms with van der Waals surface area (Å²) in [6.07, 6.45) is -1.55. The van der Waals surface area contributed by atoms with E-state index in [4.69, 9.17) is 16.3 Å². The zero-order valence-electron chi connectivity index (χ0n) is 15.0. The molecule has 0 bridgehead atoms. The average Bonchev–Trinajstić information content (AvgIpc) is 2.71. The summed E-state index contributed by atoms with van der Waals surface area (Å²) >= 11 is 5.53. The molecule has 3 rings (SSSR count). The predicted octanol–water partition coefficient (Wildman–Crippen LogP) is 5.12. The molecule has 0 radical (unpaired) electrons. The standard InChI is InChI=1S/C20H13ClF3N3O3/c21-17-6-3-13(11-16(17)20(22,23)24)27-19(29)18(28)26-12-1-4-14(5-2-12)30-15-7-9-25-10-8-15/h1-11H,(H,26,28)(H,27,29). The Balaban J connectivity index is 1.61. The Labute approximate surface area is 173 Å². The van der Waals surface area contributed by atoms with Gasteiger partial charge in [-0.1, -0.05) is 11.6 Å². The molecule has 0 aliphatic rings. The van der Waals surface area contributed by atoms with Crippen LogP contribution < -0.4 is 15.4 Å². The van der Waals surface area contributed by atoms with E-state index >= 15 is 0 Å². The summed E-state index contributed by atoms with van der Waals surface area (Å²) in [5.41, 5.74) is -1.04. The Morgan fingerprint density at radius 3 is 1.97 bits per heavy atom. The maximum absolute atomic E-state index is 12.9. The molecule has 1 aromatic heterocycles. The van der Waals surface area contributed by atoms with Crippen molar-refractivity contribution in [1.82, 2.24) is 4.98 Å². The summed E-state index contributed by atoms with van der Waals surface area (Å²) in [7, 11) is 0. The second-order valence-electron chi connectivity index (χ2n) is 5.91. The van der Waals surface area contributed by atoms with E-state index in [1.54, 1.807) is 36.7 Å². The molecule has 0 spiro atoms. The first kappa shape index (κ1) is 21.1. The van der Waals surface area contributed by atoms with Gasteiger partial charge in [-0.3, -0.25) is 14.6 Å². The van der Waals surface area contributed by atoms with E-state index in [2.05, 4.69) is 15.6 Å². The number of amides is 2. The van der Waals surface area contributed by atoms with E-state index in [0.29, 0.717) is 23.3 Å². The molecule has 0 aliphatic carbocycles. The van der Waals surface area contributed by atoms with Crippen LogP contribution >= 0.6 is 11.6 Å². The van der Waals surface area contributed by atoms with Crippen LogP contribution in [-0.2, 0) is 15.8 Å². The number of ether oxygens (including phenoxy) is 1. The van der Waals surface area contributed by atoms with Crippen LogP contribution in [0.2, 0.25) is 5.02 Å². The molecule has 6 nitrogen and oxygen atoms in total. The second-order valence-corrected chi connectivity index (χ2v) is 6.32. The Morgan fingerprint density at radius 1 is 0.833 bits per heavy atom. The number of benzene rings is 2. The monoisotopic (exact) mass is 435 g/mol. The first-order valence-electron chi connectivity index (χ1n) is 8.39. The smallest absolute Gasteiger partial charge is 0.417 e. The van der Waals surface area contributed by atoms with Crippen LogP contribution in [0.15, 0.2) is 67.0 Å². The van der Waals surface area contributed by atoms with Crippen molar-refractivity contribution in [2.75, 3.05) is 10.6 Å². The van der Waals surface area contributed by atoms with E-state index in [9.17, 15) is 22.8 Å². The zero-order chi connectivity index (χ0) is 21.7. The number of alkyl halides is 3. The minimum Gasteiger partial charge on any atom is -0.457 e. The van der Waals surface area contributed by atoms with Crippen LogP contribution in [0.3, 0.4) is 0 Å². The number of hydrogen-bond acceptors (Lipinski definition) is 4. The van der Waals surface area contributed by atoms with Gasteiger partial charge >= 0.3 is 18.0 Å². The third-order valence-corrected chi connectivity index (χ3v) is 4.06. The largest absolute Gasteiger partial charge is 0.457 e. The van der Waals surface area contributed by atoms with Gasteiger partial charge in [0.2, 0.25) is 0 Å². The SMILES string of the molecule is O=C(Nc1ccc(Oc2ccncc2)cc1)C(=O)Nc1ccc(Cl)c(C(F)(F)F)c1. The van der Waals surface area contributed by atoms with Crippen molar-refractivity contribution in [1.29, 1.82) is 0 Å². The van der Waals surface area contributed by atoms with Crippen molar-refractivity contribution in [3.63, 3.8) is 0 Å². The third-order valence-electron chi connectivity index (χ3n) is 3.73. The Kier molecular flexibility index (Phi) is 6.22. The van der Waals surface area contributed by atoms with Gasteiger partial charge in [-0.2, -0.15) is 13.2 Å². The van der Waals surface area contributed by atoms with Crippen molar-refractivity contribution >= 4 is 34.8 Å². The van der Waals surface area contributed by atoms with Gasteiger partial charge in [0, 0.05) is 23.8 Å². The Hall–Kier alpha value is -3.59. The van der Waals surface area contributed by atoms with E-state index < -0.39 is 28.6 Å². The molecular formula is C20H13ClF3N3O3. The lowest BCUT2D eigenvalue weighted by atomic mass is 10.2. The topological polar surface area (TPSA) is 80.3 Å². The molecule has 154 valence electrons. The first-order valence-corrected chi connectivity index (χ1v) is 8.77. The van der Waals surface area contributed by atoms with Crippen LogP contribution in [0.25, 0.3) is 0 Å². The fraction of sp³-hybridized carbons (Fsp3) is 0.0500. The summed E-state index contributed by atoms with van der Waals surface area (Å²) in [6, 6.07) is 12.3. The molecule has 10 heteroatoms. The molecule has 30 heavy (non-hydrogen) atoms. The molecule has 0 fully saturated rings. The number of halogens is 4.